The van der Waals surface area contributed by atoms with Crippen LogP contribution in [-0.2, 0) is 22.9 Å². The number of rotatable bonds is 10. The molecule has 3 heterocycles. The molecule has 3 N–H and O–H groups in total. The van der Waals surface area contributed by atoms with Crippen molar-refractivity contribution in [3.63, 3.8) is 0 Å². The van der Waals surface area contributed by atoms with Crippen molar-refractivity contribution in [1.29, 1.82) is 0 Å². The molecule has 2 aromatic carbocycles. The summed E-state index contributed by atoms with van der Waals surface area (Å²) < 4.78 is 27.9. The van der Waals surface area contributed by atoms with Gasteiger partial charge in [0.25, 0.3) is 0 Å². The Hall–Kier alpha value is -2.52. The Morgan fingerprint density at radius 2 is 1.89 bits per heavy atom. The average Bonchev–Trinajstić information content (AvgIpc) is 3.28. The molecule has 8 heteroatoms. The van der Waals surface area contributed by atoms with Crippen molar-refractivity contribution in [3.8, 4) is 11.1 Å². The van der Waals surface area contributed by atoms with Crippen LogP contribution in [0.2, 0.25) is 0 Å². The van der Waals surface area contributed by atoms with Gasteiger partial charge in [-0.05, 0) is 92.2 Å². The maximum atomic E-state index is 13.2. The zero-order valence-corrected chi connectivity index (χ0v) is 23.4. The van der Waals surface area contributed by atoms with E-state index < -0.39 is 10.0 Å². The van der Waals surface area contributed by atoms with Gasteiger partial charge in [-0.25, -0.2) is 13.4 Å². The van der Waals surface area contributed by atoms with Gasteiger partial charge in [-0.15, -0.1) is 0 Å². The van der Waals surface area contributed by atoms with Gasteiger partial charge in [-0.3, -0.25) is 0 Å². The van der Waals surface area contributed by atoms with Crippen molar-refractivity contribution >= 4 is 26.7 Å². The number of pyridine rings is 1. The molecular weight excluding hydrogens is 496 g/mol. The maximum absolute atomic E-state index is 13.2. The lowest BCUT2D eigenvalue weighted by molar-refractivity contribution is 0.117. The van der Waals surface area contributed by atoms with Gasteiger partial charge in [-0.2, -0.15) is 4.31 Å². The summed E-state index contributed by atoms with van der Waals surface area (Å²) in [5.41, 5.74) is 11.4. The highest BCUT2D eigenvalue weighted by Crippen LogP contribution is 2.34. The van der Waals surface area contributed by atoms with Crippen LogP contribution in [0.15, 0.2) is 47.4 Å². The highest BCUT2D eigenvalue weighted by atomic mass is 32.2. The van der Waals surface area contributed by atoms with E-state index in [1.807, 2.05) is 12.1 Å². The molecule has 2 aliphatic rings. The van der Waals surface area contributed by atoms with Gasteiger partial charge in [0.05, 0.1) is 10.4 Å². The lowest BCUT2D eigenvalue weighted by Gasteiger charge is -2.36. The van der Waals surface area contributed by atoms with Gasteiger partial charge in [0.15, 0.2) is 0 Å². The molecule has 2 fully saturated rings. The zero-order valence-electron chi connectivity index (χ0n) is 22.6. The van der Waals surface area contributed by atoms with Crippen molar-refractivity contribution in [2.45, 2.75) is 62.8 Å². The molecule has 0 aliphatic carbocycles. The third-order valence-electron chi connectivity index (χ3n) is 8.30. The first kappa shape index (κ1) is 27.1. The second-order valence-electron chi connectivity index (χ2n) is 11.1. The number of aliphatic hydroxyl groups is 1. The third-order valence-corrected chi connectivity index (χ3v) is 10.1. The Morgan fingerprint density at radius 1 is 1.08 bits per heavy atom. The first-order chi connectivity index (χ1) is 18.3. The smallest absolute Gasteiger partial charge is 0.243 e. The summed E-state index contributed by atoms with van der Waals surface area (Å²) in [6.45, 7) is 4.06. The number of aromatic nitrogens is 1. The van der Waals surface area contributed by atoms with Crippen molar-refractivity contribution < 1.29 is 13.5 Å². The molecule has 7 nitrogen and oxygen atoms in total. The molecular formula is C30H40N4O3S. The lowest BCUT2D eigenvalue weighted by Crippen LogP contribution is -2.51. The monoisotopic (exact) mass is 536 g/mol. The number of nitrogens with two attached hydrogens (primary N) is 1. The molecule has 2 saturated heterocycles. The van der Waals surface area contributed by atoms with Gasteiger partial charge in [-0.1, -0.05) is 38.0 Å². The molecule has 0 radical (unpaired) electrons. The predicted octanol–water partition coefficient (Wildman–Crippen LogP) is 4.47. The fourth-order valence-electron chi connectivity index (χ4n) is 5.82. The average molecular weight is 537 g/mol. The molecule has 1 unspecified atom stereocenters. The Balaban J connectivity index is 1.54. The van der Waals surface area contributed by atoms with E-state index in [-0.39, 0.29) is 17.4 Å². The minimum atomic E-state index is -3.60. The number of hydrogen-bond acceptors (Lipinski definition) is 6. The minimum Gasteiger partial charge on any atom is -0.396 e. The van der Waals surface area contributed by atoms with E-state index in [0.717, 1.165) is 59.8 Å². The highest BCUT2D eigenvalue weighted by Gasteiger charge is 2.36. The van der Waals surface area contributed by atoms with Crippen LogP contribution in [0, 0.1) is 5.92 Å². The molecule has 1 atom stereocenters. The summed E-state index contributed by atoms with van der Waals surface area (Å²) in [6.07, 6.45) is 7.68. The minimum absolute atomic E-state index is 0.0125. The van der Waals surface area contributed by atoms with Crippen molar-refractivity contribution in [3.05, 3.63) is 53.6 Å². The molecule has 2 aliphatic heterocycles. The van der Waals surface area contributed by atoms with E-state index in [0.29, 0.717) is 24.9 Å². The number of likely N-dealkylation sites (N-methyl/N-ethyl adjacent to an activating group) is 1. The fraction of sp³-hybridized carbons (Fsp3) is 0.500. The number of aliphatic hydroxyl groups excluding tert-OH is 1. The summed E-state index contributed by atoms with van der Waals surface area (Å²) in [5.74, 6) is 0.607. The normalized spacial score (nSPS) is 19.3. The number of hydrogen-bond donors (Lipinski definition) is 2. The van der Waals surface area contributed by atoms with Crippen LogP contribution < -0.4 is 5.73 Å². The number of fused-ring (bicyclic) bond motifs is 1. The van der Waals surface area contributed by atoms with Gasteiger partial charge in [0, 0.05) is 37.0 Å². The number of benzene rings is 2. The summed E-state index contributed by atoms with van der Waals surface area (Å²) in [4.78, 5) is 7.56. The van der Waals surface area contributed by atoms with E-state index in [2.05, 4.69) is 31.0 Å². The first-order valence-electron chi connectivity index (χ1n) is 13.9. The quantitative estimate of drug-likeness (QED) is 0.371. The van der Waals surface area contributed by atoms with E-state index in [1.54, 1.807) is 18.2 Å². The molecule has 0 saturated carbocycles. The van der Waals surface area contributed by atoms with Gasteiger partial charge >= 0.3 is 0 Å². The number of likely N-dealkylation sites (tertiary alicyclic amines) is 1. The van der Waals surface area contributed by atoms with Crippen LogP contribution in [0.25, 0.3) is 22.0 Å². The van der Waals surface area contributed by atoms with Crippen LogP contribution in [0.3, 0.4) is 0 Å². The summed E-state index contributed by atoms with van der Waals surface area (Å²) in [7, 11) is -1.40. The van der Waals surface area contributed by atoms with Crippen LogP contribution in [0.1, 0.15) is 50.2 Å². The number of nitrogen functional groups attached to an aromatic ring is 1. The second-order valence-corrected chi connectivity index (χ2v) is 13.0. The third kappa shape index (κ3) is 5.45. The van der Waals surface area contributed by atoms with Crippen molar-refractivity contribution in [2.75, 3.05) is 39.0 Å². The van der Waals surface area contributed by atoms with Crippen molar-refractivity contribution in [1.82, 2.24) is 14.2 Å². The van der Waals surface area contributed by atoms with Crippen LogP contribution in [-0.4, -0.2) is 67.0 Å². The van der Waals surface area contributed by atoms with Crippen LogP contribution >= 0.6 is 0 Å². The zero-order chi connectivity index (χ0) is 26.9. The summed E-state index contributed by atoms with van der Waals surface area (Å²) >= 11 is 0. The molecule has 5 rings (SSSR count). The maximum Gasteiger partial charge on any atom is 0.243 e. The van der Waals surface area contributed by atoms with Crippen LogP contribution in [0.5, 0.6) is 0 Å². The summed E-state index contributed by atoms with van der Waals surface area (Å²) in [6, 6.07) is 14.2. The Labute approximate surface area is 226 Å². The van der Waals surface area contributed by atoms with E-state index in [1.165, 1.54) is 29.1 Å². The number of sulfonamides is 1. The molecule has 3 aromatic rings. The number of aryl methyl sites for hydroxylation is 1. The SMILES string of the molecule is CCCCCc1cc2c(CC3CCCN3C)cc(-c3cccc(S(=O)(=O)N4CC(CO)C4)c3)cc2nc1N. The predicted molar refractivity (Wildman–Crippen MR) is 154 cm³/mol. The van der Waals surface area contributed by atoms with E-state index in [9.17, 15) is 13.5 Å². The second kappa shape index (κ2) is 11.3. The Bertz CT molecular complexity index is 1400. The highest BCUT2D eigenvalue weighted by molar-refractivity contribution is 7.89. The van der Waals surface area contributed by atoms with Crippen LogP contribution in [0.4, 0.5) is 5.82 Å². The number of nitrogens with zero attached hydrogens (tertiary/aromatic N) is 3. The molecule has 0 spiro atoms. The number of anilines is 1. The molecule has 1 aromatic heterocycles. The topological polar surface area (TPSA) is 99.8 Å². The molecule has 0 amide bonds. The standard InChI is InChI=1S/C30H40N4O3S/c1-3-4-5-8-23-16-28-25(14-26-10-7-12-33(26)2)13-24(17-29(28)32-30(23)31)22-9-6-11-27(15-22)38(36,37)34-18-21(19-34)20-35/h6,9,11,13,15-17,21,26,35H,3-5,7-8,10,12,14,18-20H2,1-2H3,(H2,31,32). The molecule has 38 heavy (non-hydrogen) atoms. The van der Waals surface area contributed by atoms with Gasteiger partial charge < -0.3 is 15.7 Å². The van der Waals surface area contributed by atoms with E-state index >= 15 is 0 Å². The summed E-state index contributed by atoms with van der Waals surface area (Å²) in [5, 5.41) is 10.5. The Morgan fingerprint density at radius 3 is 2.61 bits per heavy atom. The first-order valence-corrected chi connectivity index (χ1v) is 15.4. The van der Waals surface area contributed by atoms with Gasteiger partial charge in [0.2, 0.25) is 10.0 Å². The largest absolute Gasteiger partial charge is 0.396 e. The van der Waals surface area contributed by atoms with Crippen molar-refractivity contribution in [2.24, 2.45) is 5.92 Å². The lowest BCUT2D eigenvalue weighted by atomic mass is 9.93. The Kier molecular flexibility index (Phi) is 8.05. The molecule has 0 bridgehead atoms. The van der Waals surface area contributed by atoms with E-state index in [4.69, 9.17) is 10.7 Å². The van der Waals surface area contributed by atoms with Gasteiger partial charge in [0.1, 0.15) is 5.82 Å². The fourth-order valence-corrected chi connectivity index (χ4v) is 7.46. The number of unbranched alkanes of at least 4 members (excludes halogenated alkanes) is 2. The molecule has 204 valence electrons.